The van der Waals surface area contributed by atoms with Crippen LogP contribution in [0.5, 0.6) is 0 Å². The van der Waals surface area contributed by atoms with Gasteiger partial charge in [-0.15, -0.1) is 0 Å². The highest BCUT2D eigenvalue weighted by molar-refractivity contribution is 6.33. The first-order valence-corrected chi connectivity index (χ1v) is 11.7. The predicted molar refractivity (Wildman–Crippen MR) is 131 cm³/mol. The zero-order chi connectivity index (χ0) is 27.7. The summed E-state index contributed by atoms with van der Waals surface area (Å²) in [6.07, 6.45) is -5.52. The molecule has 0 bridgehead atoms. The summed E-state index contributed by atoms with van der Waals surface area (Å²) in [5.41, 5.74) is -1.40. The molecule has 37 heavy (non-hydrogen) atoms. The molecule has 0 aliphatic carbocycles. The van der Waals surface area contributed by atoms with Gasteiger partial charge in [-0.3, -0.25) is 4.79 Å². The van der Waals surface area contributed by atoms with Gasteiger partial charge in [0.25, 0.3) is 0 Å². The van der Waals surface area contributed by atoms with Gasteiger partial charge in [0.05, 0.1) is 23.0 Å². The normalized spacial score (nSPS) is 13.4. The third-order valence-electron chi connectivity index (χ3n) is 6.15. The number of hydrogen-bond donors (Lipinski definition) is 2. The lowest BCUT2D eigenvalue weighted by atomic mass is 9.86. The zero-order valence-corrected chi connectivity index (χ0v) is 21.0. The van der Waals surface area contributed by atoms with Crippen molar-refractivity contribution in [3.05, 3.63) is 86.7 Å². The Hall–Kier alpha value is -2.91. The average Bonchev–Trinajstić information content (AvgIpc) is 2.83. The van der Waals surface area contributed by atoms with Crippen molar-refractivity contribution in [1.29, 1.82) is 0 Å². The molecule has 0 aromatic heterocycles. The van der Waals surface area contributed by atoms with Crippen molar-refractivity contribution >= 4 is 34.9 Å². The highest BCUT2D eigenvalue weighted by Crippen LogP contribution is 2.40. The lowest BCUT2D eigenvalue weighted by molar-refractivity contribution is -0.174. The molecular weight excluding hydrogens is 543 g/mol. The highest BCUT2D eigenvalue weighted by Gasteiger charge is 2.41. The summed E-state index contributed by atoms with van der Waals surface area (Å²) >= 11 is 12.1. The van der Waals surface area contributed by atoms with Crippen molar-refractivity contribution in [3.8, 4) is 11.1 Å². The fourth-order valence-electron chi connectivity index (χ4n) is 4.00. The molecule has 0 fully saturated rings. The Morgan fingerprint density at radius 3 is 2.19 bits per heavy atom. The summed E-state index contributed by atoms with van der Waals surface area (Å²) in [7, 11) is 0. The van der Waals surface area contributed by atoms with Crippen molar-refractivity contribution in [2.75, 3.05) is 11.9 Å². The standard InChI is InChI=1S/C26H21Cl2F6NO2/c1-12-23(29)22(17(10-21(36)37)25(31)24(12)30)15-5-8-19(28)20(9-15)35-11-18(13(2)26(32,33)34)14-3-6-16(27)7-4-14/h3-9,13,18,35H,10-11H2,1-2H3,(H,36,37)/t13-,18+/m1/s1. The predicted octanol–water partition coefficient (Wildman–Crippen LogP) is 8.41. The second-order valence-electron chi connectivity index (χ2n) is 8.55. The molecule has 0 aliphatic heterocycles. The van der Waals surface area contributed by atoms with Crippen LogP contribution < -0.4 is 5.32 Å². The molecule has 0 radical (unpaired) electrons. The summed E-state index contributed by atoms with van der Waals surface area (Å²) in [5, 5.41) is 12.4. The first-order valence-electron chi connectivity index (χ1n) is 11.0. The molecule has 0 heterocycles. The van der Waals surface area contributed by atoms with Gasteiger partial charge >= 0.3 is 12.1 Å². The van der Waals surface area contributed by atoms with Gasteiger partial charge in [-0.2, -0.15) is 13.2 Å². The smallest absolute Gasteiger partial charge is 0.392 e. The maximum absolute atomic E-state index is 15.1. The average molecular weight is 564 g/mol. The monoisotopic (exact) mass is 563 g/mol. The number of rotatable bonds is 8. The molecule has 3 aromatic rings. The number of benzene rings is 3. The molecule has 198 valence electrons. The van der Waals surface area contributed by atoms with Gasteiger partial charge in [-0.1, -0.05) is 48.3 Å². The van der Waals surface area contributed by atoms with E-state index in [1.54, 1.807) is 0 Å². The number of aliphatic carboxylic acids is 1. The molecule has 2 N–H and O–H groups in total. The SMILES string of the molecule is Cc1c(F)c(F)c(CC(=O)O)c(-c2ccc(Cl)c(NC[C@H](c3ccc(Cl)cc3)[C@@H](C)C(F)(F)F)c2)c1F. The fourth-order valence-corrected chi connectivity index (χ4v) is 4.31. The Kier molecular flexibility index (Phi) is 8.70. The van der Waals surface area contributed by atoms with E-state index in [-0.39, 0.29) is 22.8 Å². The molecule has 3 rings (SSSR count). The number of carbonyl (C=O) groups is 1. The van der Waals surface area contributed by atoms with Crippen LogP contribution in [0, 0.1) is 30.3 Å². The Bertz CT molecular complexity index is 1310. The summed E-state index contributed by atoms with van der Waals surface area (Å²) in [6.45, 7) is 1.80. The second-order valence-corrected chi connectivity index (χ2v) is 9.40. The van der Waals surface area contributed by atoms with Crippen LogP contribution in [0.2, 0.25) is 10.0 Å². The number of hydrogen-bond acceptors (Lipinski definition) is 2. The molecule has 0 saturated heterocycles. The van der Waals surface area contributed by atoms with Crippen LogP contribution in [-0.4, -0.2) is 23.8 Å². The molecular formula is C26H21Cl2F6NO2. The third kappa shape index (κ3) is 6.33. The van der Waals surface area contributed by atoms with Crippen molar-refractivity contribution in [2.24, 2.45) is 5.92 Å². The molecule has 3 aromatic carbocycles. The van der Waals surface area contributed by atoms with Crippen LogP contribution in [-0.2, 0) is 11.2 Å². The van der Waals surface area contributed by atoms with E-state index < -0.39 is 64.5 Å². The van der Waals surface area contributed by atoms with E-state index in [2.05, 4.69) is 5.32 Å². The van der Waals surface area contributed by atoms with Gasteiger partial charge in [0.2, 0.25) is 0 Å². The maximum Gasteiger partial charge on any atom is 0.392 e. The van der Waals surface area contributed by atoms with Crippen LogP contribution in [0.3, 0.4) is 0 Å². The van der Waals surface area contributed by atoms with Crippen LogP contribution in [0.25, 0.3) is 11.1 Å². The van der Waals surface area contributed by atoms with E-state index in [0.717, 1.165) is 13.8 Å². The molecule has 0 spiro atoms. The largest absolute Gasteiger partial charge is 0.481 e. The van der Waals surface area contributed by atoms with E-state index in [4.69, 9.17) is 28.3 Å². The first-order chi connectivity index (χ1) is 17.2. The third-order valence-corrected chi connectivity index (χ3v) is 6.73. The van der Waals surface area contributed by atoms with E-state index in [9.17, 15) is 26.7 Å². The minimum Gasteiger partial charge on any atom is -0.481 e. The van der Waals surface area contributed by atoms with E-state index in [1.807, 2.05) is 0 Å². The van der Waals surface area contributed by atoms with Crippen molar-refractivity contribution in [2.45, 2.75) is 32.4 Å². The van der Waals surface area contributed by atoms with Crippen LogP contribution in [0.15, 0.2) is 42.5 Å². The van der Waals surface area contributed by atoms with Crippen LogP contribution in [0.1, 0.15) is 29.5 Å². The molecule has 11 heteroatoms. The Morgan fingerprint density at radius 1 is 1.00 bits per heavy atom. The van der Waals surface area contributed by atoms with Gasteiger partial charge in [0.15, 0.2) is 11.6 Å². The molecule has 0 amide bonds. The van der Waals surface area contributed by atoms with Crippen molar-refractivity contribution in [3.63, 3.8) is 0 Å². The van der Waals surface area contributed by atoms with Gasteiger partial charge in [-0.05, 0) is 42.3 Å². The Balaban J connectivity index is 2.05. The van der Waals surface area contributed by atoms with E-state index >= 15 is 4.39 Å². The minimum absolute atomic E-state index is 0.0328. The Morgan fingerprint density at radius 2 is 1.62 bits per heavy atom. The fraction of sp³-hybridized carbons (Fsp3) is 0.269. The number of alkyl halides is 3. The summed E-state index contributed by atoms with van der Waals surface area (Å²) in [6, 6.07) is 9.73. The first kappa shape index (κ1) is 28.7. The van der Waals surface area contributed by atoms with Gasteiger partial charge in [0.1, 0.15) is 5.82 Å². The summed E-state index contributed by atoms with van der Waals surface area (Å²) < 4.78 is 84.8. The molecule has 0 aliphatic rings. The lowest BCUT2D eigenvalue weighted by Crippen LogP contribution is -2.30. The maximum atomic E-state index is 15.1. The van der Waals surface area contributed by atoms with Crippen LogP contribution in [0.4, 0.5) is 32.0 Å². The van der Waals surface area contributed by atoms with Crippen LogP contribution >= 0.6 is 23.2 Å². The summed E-state index contributed by atoms with van der Waals surface area (Å²) in [5.74, 6) is -8.51. The molecule has 0 unspecified atom stereocenters. The lowest BCUT2D eigenvalue weighted by Gasteiger charge is -2.27. The van der Waals surface area contributed by atoms with E-state index in [0.29, 0.717) is 10.6 Å². The zero-order valence-electron chi connectivity index (χ0n) is 19.5. The summed E-state index contributed by atoms with van der Waals surface area (Å²) in [4.78, 5) is 11.3. The molecule has 0 saturated carbocycles. The minimum atomic E-state index is -4.52. The number of carboxylic acid groups (broad SMARTS) is 1. The second kappa shape index (κ2) is 11.2. The topological polar surface area (TPSA) is 49.3 Å². The number of halogens is 8. The number of nitrogens with one attached hydrogen (secondary N) is 1. The number of anilines is 1. The Labute approximate surface area is 219 Å². The van der Waals surface area contributed by atoms with Gasteiger partial charge < -0.3 is 10.4 Å². The van der Waals surface area contributed by atoms with Crippen molar-refractivity contribution in [1.82, 2.24) is 0 Å². The highest BCUT2D eigenvalue weighted by atomic mass is 35.5. The molecule has 2 atom stereocenters. The molecule has 3 nitrogen and oxygen atoms in total. The number of carboxylic acids is 1. The van der Waals surface area contributed by atoms with Crippen molar-refractivity contribution < 1.29 is 36.2 Å². The van der Waals surface area contributed by atoms with Gasteiger partial charge in [0, 0.05) is 34.2 Å². The van der Waals surface area contributed by atoms with E-state index in [1.165, 1.54) is 42.5 Å². The van der Waals surface area contributed by atoms with Gasteiger partial charge in [-0.25, -0.2) is 13.2 Å². The quantitative estimate of drug-likeness (QED) is 0.213.